The molecule has 2 rings (SSSR count). The number of ether oxygens (including phenoxy) is 1. The second-order valence-electron chi connectivity index (χ2n) is 3.96. The molecule has 0 aliphatic heterocycles. The van der Waals surface area contributed by atoms with Crippen LogP contribution >= 0.6 is 22.6 Å². The van der Waals surface area contributed by atoms with Crippen LogP contribution < -0.4 is 4.74 Å². The standard InChI is InChI=1S/C15H11IO3/c1-10(17)19-14-7-3-5-12(9-14)15(18)11-4-2-6-13(16)8-11/h2-9H,1H3. The molecule has 0 amide bonds. The first-order chi connectivity index (χ1) is 9.06. The van der Waals surface area contributed by atoms with E-state index in [0.29, 0.717) is 16.9 Å². The Hall–Kier alpha value is -1.69. The van der Waals surface area contributed by atoms with Gasteiger partial charge in [0.05, 0.1) is 0 Å². The summed E-state index contributed by atoms with van der Waals surface area (Å²) in [5.41, 5.74) is 1.12. The number of carbonyl (C=O) groups is 2. The first-order valence-electron chi connectivity index (χ1n) is 5.65. The number of benzene rings is 2. The highest BCUT2D eigenvalue weighted by molar-refractivity contribution is 14.1. The SMILES string of the molecule is CC(=O)Oc1cccc(C(=O)c2cccc(I)c2)c1. The Kier molecular flexibility index (Phi) is 4.31. The van der Waals surface area contributed by atoms with Gasteiger partial charge in [0.25, 0.3) is 0 Å². The van der Waals surface area contributed by atoms with Crippen LogP contribution in [0.5, 0.6) is 5.75 Å². The van der Waals surface area contributed by atoms with Crippen molar-refractivity contribution in [2.45, 2.75) is 6.92 Å². The van der Waals surface area contributed by atoms with Gasteiger partial charge < -0.3 is 4.74 Å². The zero-order valence-electron chi connectivity index (χ0n) is 10.2. The van der Waals surface area contributed by atoms with E-state index in [9.17, 15) is 9.59 Å². The zero-order chi connectivity index (χ0) is 13.8. The molecule has 0 aliphatic carbocycles. The minimum Gasteiger partial charge on any atom is -0.427 e. The number of carbonyl (C=O) groups excluding carboxylic acids is 2. The summed E-state index contributed by atoms with van der Waals surface area (Å²) in [6.07, 6.45) is 0. The van der Waals surface area contributed by atoms with Gasteiger partial charge in [0, 0.05) is 21.6 Å². The van der Waals surface area contributed by atoms with Crippen molar-refractivity contribution < 1.29 is 14.3 Å². The summed E-state index contributed by atoms with van der Waals surface area (Å²) in [4.78, 5) is 23.2. The second-order valence-corrected chi connectivity index (χ2v) is 5.21. The van der Waals surface area contributed by atoms with Crippen molar-refractivity contribution in [2.75, 3.05) is 0 Å². The van der Waals surface area contributed by atoms with Gasteiger partial charge in [-0.3, -0.25) is 9.59 Å². The Balaban J connectivity index is 2.31. The number of halogens is 1. The van der Waals surface area contributed by atoms with E-state index in [-0.39, 0.29) is 5.78 Å². The third-order valence-electron chi connectivity index (χ3n) is 2.44. The molecule has 0 unspecified atom stereocenters. The monoisotopic (exact) mass is 366 g/mol. The van der Waals surface area contributed by atoms with E-state index in [1.807, 2.05) is 18.2 Å². The molecule has 0 atom stereocenters. The third-order valence-corrected chi connectivity index (χ3v) is 3.12. The summed E-state index contributed by atoms with van der Waals surface area (Å²) in [6, 6.07) is 14.0. The first kappa shape index (κ1) is 13.7. The van der Waals surface area contributed by atoms with Gasteiger partial charge in [-0.15, -0.1) is 0 Å². The molecule has 2 aromatic rings. The Morgan fingerprint density at radius 2 is 1.63 bits per heavy atom. The number of hydrogen-bond acceptors (Lipinski definition) is 3. The molecule has 3 nitrogen and oxygen atoms in total. The molecule has 0 radical (unpaired) electrons. The molecule has 0 N–H and O–H groups in total. The first-order valence-corrected chi connectivity index (χ1v) is 6.73. The van der Waals surface area contributed by atoms with E-state index < -0.39 is 5.97 Å². The Bertz CT molecular complexity index is 635. The molecule has 96 valence electrons. The van der Waals surface area contributed by atoms with Crippen LogP contribution in [-0.2, 0) is 4.79 Å². The molecule has 0 aromatic heterocycles. The number of esters is 1. The molecule has 0 spiro atoms. The van der Waals surface area contributed by atoms with Crippen LogP contribution in [0.2, 0.25) is 0 Å². The Morgan fingerprint density at radius 3 is 2.26 bits per heavy atom. The second kappa shape index (κ2) is 5.97. The van der Waals surface area contributed by atoms with E-state index in [0.717, 1.165) is 3.57 Å². The van der Waals surface area contributed by atoms with Crippen molar-refractivity contribution in [3.8, 4) is 5.75 Å². The lowest BCUT2D eigenvalue weighted by atomic mass is 10.0. The Morgan fingerprint density at radius 1 is 1.00 bits per heavy atom. The summed E-state index contributed by atoms with van der Waals surface area (Å²) in [6.45, 7) is 1.33. The number of ketones is 1. The maximum Gasteiger partial charge on any atom is 0.308 e. The fraction of sp³-hybridized carbons (Fsp3) is 0.0667. The number of hydrogen-bond donors (Lipinski definition) is 0. The highest BCUT2D eigenvalue weighted by Crippen LogP contribution is 2.18. The van der Waals surface area contributed by atoms with Crippen LogP contribution in [0, 0.1) is 3.57 Å². The van der Waals surface area contributed by atoms with E-state index in [2.05, 4.69) is 22.6 Å². The van der Waals surface area contributed by atoms with Gasteiger partial charge in [-0.1, -0.05) is 24.3 Å². The Labute approximate surface area is 124 Å². The van der Waals surface area contributed by atoms with Gasteiger partial charge >= 0.3 is 5.97 Å². The lowest BCUT2D eigenvalue weighted by Gasteiger charge is -2.05. The van der Waals surface area contributed by atoms with Crippen molar-refractivity contribution in [1.82, 2.24) is 0 Å². The molecular weight excluding hydrogens is 355 g/mol. The maximum atomic E-state index is 12.3. The van der Waals surface area contributed by atoms with E-state index >= 15 is 0 Å². The van der Waals surface area contributed by atoms with Crippen LogP contribution in [0.25, 0.3) is 0 Å². The van der Waals surface area contributed by atoms with E-state index in [1.165, 1.54) is 6.92 Å². The quantitative estimate of drug-likeness (QED) is 0.362. The summed E-state index contributed by atoms with van der Waals surface area (Å²) >= 11 is 2.16. The average molecular weight is 366 g/mol. The predicted octanol–water partition coefficient (Wildman–Crippen LogP) is 3.45. The van der Waals surface area contributed by atoms with Crippen LogP contribution in [0.4, 0.5) is 0 Å². The smallest absolute Gasteiger partial charge is 0.308 e. The molecule has 0 saturated heterocycles. The predicted molar refractivity (Wildman–Crippen MR) is 80.3 cm³/mol. The molecule has 0 bridgehead atoms. The van der Waals surface area contributed by atoms with Crippen molar-refractivity contribution >= 4 is 34.3 Å². The summed E-state index contributed by atoms with van der Waals surface area (Å²) in [5.74, 6) is -0.115. The summed E-state index contributed by atoms with van der Waals surface area (Å²) < 4.78 is 5.97. The minimum atomic E-state index is -0.404. The van der Waals surface area contributed by atoms with Crippen LogP contribution in [0.3, 0.4) is 0 Å². The van der Waals surface area contributed by atoms with E-state index in [1.54, 1.807) is 30.3 Å². The fourth-order valence-corrected chi connectivity index (χ4v) is 2.21. The van der Waals surface area contributed by atoms with Crippen molar-refractivity contribution in [3.63, 3.8) is 0 Å². The van der Waals surface area contributed by atoms with Gasteiger partial charge in [0.2, 0.25) is 0 Å². The zero-order valence-corrected chi connectivity index (χ0v) is 12.4. The van der Waals surface area contributed by atoms with Gasteiger partial charge in [0.15, 0.2) is 5.78 Å². The average Bonchev–Trinajstić information content (AvgIpc) is 2.37. The summed E-state index contributed by atoms with van der Waals surface area (Å²) in [7, 11) is 0. The molecular formula is C15H11IO3. The van der Waals surface area contributed by atoms with Gasteiger partial charge in [0.1, 0.15) is 5.75 Å². The maximum absolute atomic E-state index is 12.3. The van der Waals surface area contributed by atoms with Crippen molar-refractivity contribution in [1.29, 1.82) is 0 Å². The van der Waals surface area contributed by atoms with Gasteiger partial charge in [-0.25, -0.2) is 0 Å². The van der Waals surface area contributed by atoms with E-state index in [4.69, 9.17) is 4.74 Å². The van der Waals surface area contributed by atoms with Crippen LogP contribution in [-0.4, -0.2) is 11.8 Å². The highest BCUT2D eigenvalue weighted by atomic mass is 127. The third kappa shape index (κ3) is 3.64. The molecule has 0 heterocycles. The largest absolute Gasteiger partial charge is 0.427 e. The molecule has 0 saturated carbocycles. The van der Waals surface area contributed by atoms with Gasteiger partial charge in [-0.2, -0.15) is 0 Å². The molecule has 0 aliphatic rings. The van der Waals surface area contributed by atoms with Crippen molar-refractivity contribution in [3.05, 3.63) is 63.2 Å². The molecule has 2 aromatic carbocycles. The lowest BCUT2D eigenvalue weighted by Crippen LogP contribution is -2.04. The van der Waals surface area contributed by atoms with Gasteiger partial charge in [-0.05, 0) is 46.9 Å². The number of rotatable bonds is 3. The fourth-order valence-electron chi connectivity index (χ4n) is 1.66. The molecule has 4 heteroatoms. The molecule has 0 fully saturated rings. The normalized spacial score (nSPS) is 10.0. The lowest BCUT2D eigenvalue weighted by molar-refractivity contribution is -0.131. The minimum absolute atomic E-state index is 0.0903. The summed E-state index contributed by atoms with van der Waals surface area (Å²) in [5, 5.41) is 0. The van der Waals surface area contributed by atoms with Crippen LogP contribution in [0.1, 0.15) is 22.8 Å². The molecule has 19 heavy (non-hydrogen) atoms. The van der Waals surface area contributed by atoms with Crippen molar-refractivity contribution in [2.24, 2.45) is 0 Å². The topological polar surface area (TPSA) is 43.4 Å². The van der Waals surface area contributed by atoms with Crippen LogP contribution in [0.15, 0.2) is 48.5 Å². The highest BCUT2D eigenvalue weighted by Gasteiger charge is 2.10.